The van der Waals surface area contributed by atoms with Gasteiger partial charge in [0, 0.05) is 11.1 Å². The molecule has 1 heterocycles. The molecular weight excluding hydrogens is 329 g/mol. The third-order valence-electron chi connectivity index (χ3n) is 2.93. The van der Waals surface area contributed by atoms with Gasteiger partial charge in [-0.15, -0.1) is 0 Å². The van der Waals surface area contributed by atoms with Gasteiger partial charge in [0.05, 0.1) is 17.8 Å². The highest BCUT2D eigenvalue weighted by atomic mass is 35.5. The largest absolute Gasteiger partial charge is 0.482 e. The second-order valence-electron chi connectivity index (χ2n) is 4.89. The SMILES string of the molecule is CC(O)(CNC(=O)COc1cc(Cl)ccc1Cl)c1ccco1. The van der Waals surface area contributed by atoms with E-state index >= 15 is 0 Å². The minimum atomic E-state index is -1.30. The molecule has 0 bridgehead atoms. The van der Waals surface area contributed by atoms with Crippen LogP contribution in [0.1, 0.15) is 12.7 Å². The van der Waals surface area contributed by atoms with Crippen LogP contribution in [0.4, 0.5) is 0 Å². The summed E-state index contributed by atoms with van der Waals surface area (Å²) in [5, 5.41) is 13.6. The summed E-state index contributed by atoms with van der Waals surface area (Å²) in [6.45, 7) is 1.29. The monoisotopic (exact) mass is 343 g/mol. The summed E-state index contributed by atoms with van der Waals surface area (Å²) in [5.41, 5.74) is -1.30. The second-order valence-corrected chi connectivity index (χ2v) is 5.73. The molecule has 0 spiro atoms. The Morgan fingerprint density at radius 2 is 2.18 bits per heavy atom. The number of rotatable bonds is 6. The van der Waals surface area contributed by atoms with Crippen LogP contribution in [0.25, 0.3) is 0 Å². The van der Waals surface area contributed by atoms with Gasteiger partial charge in [-0.05, 0) is 31.2 Å². The van der Waals surface area contributed by atoms with Gasteiger partial charge < -0.3 is 19.6 Å². The van der Waals surface area contributed by atoms with E-state index in [-0.39, 0.29) is 13.2 Å². The van der Waals surface area contributed by atoms with Crippen LogP contribution >= 0.6 is 23.2 Å². The molecule has 0 aliphatic heterocycles. The maximum atomic E-state index is 11.8. The number of hydrogen-bond acceptors (Lipinski definition) is 4. The predicted molar refractivity (Wildman–Crippen MR) is 83.2 cm³/mol. The number of aliphatic hydroxyl groups is 1. The molecule has 2 N–H and O–H groups in total. The van der Waals surface area contributed by atoms with E-state index in [9.17, 15) is 9.90 Å². The molecule has 0 aliphatic rings. The van der Waals surface area contributed by atoms with E-state index in [1.54, 1.807) is 31.2 Å². The number of benzene rings is 1. The van der Waals surface area contributed by atoms with Crippen molar-refractivity contribution in [1.29, 1.82) is 0 Å². The van der Waals surface area contributed by atoms with E-state index in [1.165, 1.54) is 12.3 Å². The van der Waals surface area contributed by atoms with Crippen molar-refractivity contribution in [2.24, 2.45) is 0 Å². The zero-order chi connectivity index (χ0) is 16.2. The lowest BCUT2D eigenvalue weighted by molar-refractivity contribution is -0.124. The molecular formula is C15H15Cl2NO4. The van der Waals surface area contributed by atoms with Gasteiger partial charge in [0.25, 0.3) is 5.91 Å². The number of nitrogens with one attached hydrogen (secondary N) is 1. The standard InChI is InChI=1S/C15H15Cl2NO4/c1-15(20,13-3-2-6-21-13)9-18-14(19)8-22-12-7-10(16)4-5-11(12)17/h2-7,20H,8-9H2,1H3,(H,18,19). The van der Waals surface area contributed by atoms with Gasteiger partial charge >= 0.3 is 0 Å². The summed E-state index contributed by atoms with van der Waals surface area (Å²) in [4.78, 5) is 11.8. The molecule has 1 aromatic heterocycles. The molecule has 0 radical (unpaired) electrons. The zero-order valence-corrected chi connectivity index (χ0v) is 13.3. The first-order chi connectivity index (χ1) is 10.4. The Kier molecular flexibility index (Phi) is 5.34. The number of carbonyl (C=O) groups is 1. The Morgan fingerprint density at radius 3 is 2.86 bits per heavy atom. The van der Waals surface area contributed by atoms with Gasteiger partial charge in [-0.3, -0.25) is 4.79 Å². The Morgan fingerprint density at radius 1 is 1.41 bits per heavy atom. The maximum absolute atomic E-state index is 11.8. The Bertz CT molecular complexity index is 641. The number of carbonyl (C=O) groups excluding carboxylic acids is 1. The van der Waals surface area contributed by atoms with Crippen LogP contribution < -0.4 is 10.1 Å². The van der Waals surface area contributed by atoms with E-state index in [2.05, 4.69) is 5.32 Å². The van der Waals surface area contributed by atoms with E-state index in [1.807, 2.05) is 0 Å². The molecule has 0 saturated carbocycles. The molecule has 0 aliphatic carbocycles. The quantitative estimate of drug-likeness (QED) is 0.845. The molecule has 22 heavy (non-hydrogen) atoms. The highest BCUT2D eigenvalue weighted by molar-refractivity contribution is 6.34. The van der Waals surface area contributed by atoms with Crippen LogP contribution in [0.3, 0.4) is 0 Å². The van der Waals surface area contributed by atoms with Crippen molar-refractivity contribution in [3.63, 3.8) is 0 Å². The van der Waals surface area contributed by atoms with Crippen LogP contribution in [0.2, 0.25) is 10.0 Å². The smallest absolute Gasteiger partial charge is 0.258 e. The fourth-order valence-corrected chi connectivity index (χ4v) is 2.06. The molecule has 5 nitrogen and oxygen atoms in total. The van der Waals surface area contributed by atoms with Crippen LogP contribution in [0.5, 0.6) is 5.75 Å². The normalized spacial score (nSPS) is 13.5. The zero-order valence-electron chi connectivity index (χ0n) is 11.8. The Hall–Kier alpha value is -1.69. The first-order valence-electron chi connectivity index (χ1n) is 6.49. The lowest BCUT2D eigenvalue weighted by Crippen LogP contribution is -2.40. The number of hydrogen-bond donors (Lipinski definition) is 2. The van der Waals surface area contributed by atoms with E-state index in [0.717, 1.165) is 0 Å². The molecule has 1 unspecified atom stereocenters. The Labute approximate surface area is 137 Å². The van der Waals surface area contributed by atoms with Crippen LogP contribution in [0, 0.1) is 0 Å². The van der Waals surface area contributed by atoms with E-state index < -0.39 is 11.5 Å². The number of halogens is 2. The lowest BCUT2D eigenvalue weighted by Gasteiger charge is -2.21. The molecule has 1 atom stereocenters. The predicted octanol–water partition coefficient (Wildman–Crippen LogP) is 2.99. The summed E-state index contributed by atoms with van der Waals surface area (Å²) in [5.74, 6) is 0.289. The minimum Gasteiger partial charge on any atom is -0.482 e. The minimum absolute atomic E-state index is 0.00795. The topological polar surface area (TPSA) is 71.7 Å². The van der Waals surface area contributed by atoms with Crippen LogP contribution in [-0.2, 0) is 10.4 Å². The molecule has 2 rings (SSSR count). The van der Waals surface area contributed by atoms with Crippen LogP contribution in [0.15, 0.2) is 41.0 Å². The number of furan rings is 1. The second kappa shape index (κ2) is 7.05. The fraction of sp³-hybridized carbons (Fsp3) is 0.267. The van der Waals surface area contributed by atoms with Gasteiger partial charge in [-0.2, -0.15) is 0 Å². The van der Waals surface area contributed by atoms with Crippen molar-refractivity contribution < 1.29 is 19.1 Å². The molecule has 7 heteroatoms. The van der Waals surface area contributed by atoms with Gasteiger partial charge in [-0.25, -0.2) is 0 Å². The highest BCUT2D eigenvalue weighted by Crippen LogP contribution is 2.27. The summed E-state index contributed by atoms with van der Waals surface area (Å²) in [6, 6.07) is 8.02. The fourth-order valence-electron chi connectivity index (χ4n) is 1.72. The van der Waals surface area contributed by atoms with Crippen molar-refractivity contribution in [3.05, 3.63) is 52.4 Å². The average molecular weight is 344 g/mol. The molecule has 2 aromatic rings. The third kappa shape index (κ3) is 4.40. The molecule has 118 valence electrons. The van der Waals surface area contributed by atoms with E-state index in [4.69, 9.17) is 32.4 Å². The van der Waals surface area contributed by atoms with Crippen molar-refractivity contribution >= 4 is 29.1 Å². The average Bonchev–Trinajstić information content (AvgIpc) is 3.01. The summed E-state index contributed by atoms with van der Waals surface area (Å²) < 4.78 is 10.4. The number of amides is 1. The molecule has 0 fully saturated rings. The van der Waals surface area contributed by atoms with Gasteiger partial charge in [-0.1, -0.05) is 23.2 Å². The maximum Gasteiger partial charge on any atom is 0.258 e. The van der Waals surface area contributed by atoms with Gasteiger partial charge in [0.15, 0.2) is 6.61 Å². The van der Waals surface area contributed by atoms with Crippen molar-refractivity contribution in [3.8, 4) is 5.75 Å². The van der Waals surface area contributed by atoms with Crippen LogP contribution in [-0.4, -0.2) is 24.2 Å². The van der Waals surface area contributed by atoms with Crippen molar-refractivity contribution in [2.75, 3.05) is 13.2 Å². The summed E-state index contributed by atoms with van der Waals surface area (Å²) in [6.07, 6.45) is 1.45. The van der Waals surface area contributed by atoms with E-state index in [0.29, 0.717) is 21.6 Å². The Balaban J connectivity index is 1.85. The first kappa shape index (κ1) is 16.7. The third-order valence-corrected chi connectivity index (χ3v) is 3.48. The molecule has 1 aromatic carbocycles. The summed E-state index contributed by atoms with van der Waals surface area (Å²) in [7, 11) is 0. The van der Waals surface area contributed by atoms with Gasteiger partial charge in [0.1, 0.15) is 17.1 Å². The van der Waals surface area contributed by atoms with Crippen molar-refractivity contribution in [2.45, 2.75) is 12.5 Å². The molecule has 0 saturated heterocycles. The molecule has 1 amide bonds. The lowest BCUT2D eigenvalue weighted by atomic mass is 10.0. The van der Waals surface area contributed by atoms with Gasteiger partial charge in [0.2, 0.25) is 0 Å². The first-order valence-corrected chi connectivity index (χ1v) is 7.25. The summed E-state index contributed by atoms with van der Waals surface area (Å²) >= 11 is 11.8. The number of ether oxygens (including phenoxy) is 1. The van der Waals surface area contributed by atoms with Crippen molar-refractivity contribution in [1.82, 2.24) is 5.32 Å². The highest BCUT2D eigenvalue weighted by Gasteiger charge is 2.26.